The molecule has 0 amide bonds. The fourth-order valence-electron chi connectivity index (χ4n) is 1.12. The number of benzene rings is 1. The summed E-state index contributed by atoms with van der Waals surface area (Å²) in [6.45, 7) is 0. The largest absolute Gasteiger partial charge is 0.479 e. The van der Waals surface area contributed by atoms with Gasteiger partial charge in [-0.05, 0) is 5.56 Å². The molecule has 0 bridgehead atoms. The molecule has 0 fully saturated rings. The molecule has 0 aromatic heterocycles. The molecule has 1 aromatic rings. The molecular formula is C9H7NO2. The van der Waals surface area contributed by atoms with Gasteiger partial charge in [-0.1, -0.05) is 30.3 Å². The van der Waals surface area contributed by atoms with Gasteiger partial charge < -0.3 is 5.11 Å². The van der Waals surface area contributed by atoms with E-state index in [1.165, 1.54) is 0 Å². The summed E-state index contributed by atoms with van der Waals surface area (Å²) in [6.07, 6.45) is 0. The molecule has 12 heavy (non-hydrogen) atoms. The third kappa shape index (κ3) is 1.09. The van der Waals surface area contributed by atoms with Gasteiger partial charge in [-0.25, -0.2) is 4.79 Å². The van der Waals surface area contributed by atoms with E-state index >= 15 is 0 Å². The Hall–Kier alpha value is -1.64. The van der Waals surface area contributed by atoms with Gasteiger partial charge in [0.2, 0.25) is 0 Å². The topological polar surface area (TPSA) is 49.7 Å². The summed E-state index contributed by atoms with van der Waals surface area (Å²) in [5.41, 5.74) is 1.59. The van der Waals surface area contributed by atoms with Crippen LogP contribution in [0.3, 0.4) is 0 Å². The number of carboxylic acids is 1. The van der Waals surface area contributed by atoms with Crippen LogP contribution in [-0.4, -0.2) is 22.8 Å². The lowest BCUT2D eigenvalue weighted by Gasteiger charge is -1.90. The van der Waals surface area contributed by atoms with Gasteiger partial charge in [-0.3, -0.25) is 4.99 Å². The molecule has 0 spiro atoms. The molecule has 1 atom stereocenters. The average Bonchev–Trinajstić information content (AvgIpc) is 2.84. The first-order valence-electron chi connectivity index (χ1n) is 3.65. The van der Waals surface area contributed by atoms with Crippen LogP contribution in [-0.2, 0) is 4.79 Å². The van der Waals surface area contributed by atoms with Crippen LogP contribution >= 0.6 is 0 Å². The highest BCUT2D eigenvalue weighted by molar-refractivity contribution is 6.23. The zero-order valence-electron chi connectivity index (χ0n) is 6.27. The van der Waals surface area contributed by atoms with E-state index in [1.807, 2.05) is 30.3 Å². The number of carbonyl (C=O) groups is 1. The van der Waals surface area contributed by atoms with Crippen molar-refractivity contribution >= 4 is 11.7 Å². The Morgan fingerprint density at radius 1 is 1.33 bits per heavy atom. The maximum absolute atomic E-state index is 10.4. The van der Waals surface area contributed by atoms with Crippen LogP contribution in [0.25, 0.3) is 0 Å². The molecule has 1 unspecified atom stereocenters. The van der Waals surface area contributed by atoms with Crippen molar-refractivity contribution in [2.75, 3.05) is 0 Å². The molecule has 3 nitrogen and oxygen atoms in total. The third-order valence-electron chi connectivity index (χ3n) is 1.76. The lowest BCUT2D eigenvalue weighted by Crippen LogP contribution is -2.11. The van der Waals surface area contributed by atoms with Crippen LogP contribution in [0.2, 0.25) is 0 Å². The zero-order chi connectivity index (χ0) is 8.55. The number of carboxylic acid groups (broad SMARTS) is 1. The molecule has 1 aromatic carbocycles. The Morgan fingerprint density at radius 2 is 2.00 bits per heavy atom. The van der Waals surface area contributed by atoms with Gasteiger partial charge in [0.15, 0.2) is 6.04 Å². The lowest BCUT2D eigenvalue weighted by atomic mass is 10.1. The normalized spacial score (nSPS) is 20.0. The first kappa shape index (κ1) is 7.03. The molecule has 1 heterocycles. The highest BCUT2D eigenvalue weighted by atomic mass is 16.4. The van der Waals surface area contributed by atoms with E-state index < -0.39 is 12.0 Å². The molecule has 1 aliphatic heterocycles. The molecule has 0 aliphatic carbocycles. The summed E-state index contributed by atoms with van der Waals surface area (Å²) in [5.74, 6) is -0.867. The van der Waals surface area contributed by atoms with E-state index in [9.17, 15) is 4.79 Å². The second kappa shape index (κ2) is 2.44. The second-order valence-corrected chi connectivity index (χ2v) is 2.62. The van der Waals surface area contributed by atoms with Crippen LogP contribution in [0.1, 0.15) is 5.56 Å². The monoisotopic (exact) mass is 161 g/mol. The molecule has 0 radical (unpaired) electrons. The highest BCUT2D eigenvalue weighted by Crippen LogP contribution is 2.19. The summed E-state index contributed by atoms with van der Waals surface area (Å²) >= 11 is 0. The molecule has 1 aliphatic rings. The Bertz CT molecular complexity index is 343. The van der Waals surface area contributed by atoms with Crippen molar-refractivity contribution in [3.63, 3.8) is 0 Å². The smallest absolute Gasteiger partial charge is 0.334 e. The minimum absolute atomic E-state index is 0.590. The van der Waals surface area contributed by atoms with Crippen LogP contribution in [0.5, 0.6) is 0 Å². The molecule has 3 heteroatoms. The molecule has 0 saturated heterocycles. The minimum Gasteiger partial charge on any atom is -0.479 e. The Kier molecular flexibility index (Phi) is 1.43. The SMILES string of the molecule is O=C(O)C1N=C1c1ccccc1. The average molecular weight is 161 g/mol. The number of aliphatic imine (C=N–C) groups is 1. The zero-order valence-corrected chi connectivity index (χ0v) is 6.27. The Balaban J connectivity index is 2.16. The summed E-state index contributed by atoms with van der Waals surface area (Å²) in [7, 11) is 0. The van der Waals surface area contributed by atoms with Gasteiger partial charge in [0.25, 0.3) is 0 Å². The van der Waals surface area contributed by atoms with Crippen LogP contribution < -0.4 is 0 Å². The third-order valence-corrected chi connectivity index (χ3v) is 1.76. The Labute approximate surface area is 69.4 Å². The van der Waals surface area contributed by atoms with Gasteiger partial charge in [0, 0.05) is 0 Å². The van der Waals surface area contributed by atoms with Crippen molar-refractivity contribution < 1.29 is 9.90 Å². The number of hydrogen-bond donors (Lipinski definition) is 1. The van der Waals surface area contributed by atoms with Crippen LogP contribution in [0, 0.1) is 0 Å². The van der Waals surface area contributed by atoms with Crippen molar-refractivity contribution in [1.82, 2.24) is 0 Å². The van der Waals surface area contributed by atoms with Gasteiger partial charge >= 0.3 is 5.97 Å². The minimum atomic E-state index is -0.867. The summed E-state index contributed by atoms with van der Waals surface area (Å²) in [5, 5.41) is 8.57. The van der Waals surface area contributed by atoms with E-state index in [1.54, 1.807) is 0 Å². The maximum atomic E-state index is 10.4. The van der Waals surface area contributed by atoms with Crippen molar-refractivity contribution in [1.29, 1.82) is 0 Å². The van der Waals surface area contributed by atoms with E-state index in [2.05, 4.69) is 4.99 Å². The van der Waals surface area contributed by atoms with Crippen molar-refractivity contribution in [2.24, 2.45) is 4.99 Å². The standard InChI is InChI=1S/C9H7NO2/c11-9(12)8-7(10-8)6-4-2-1-3-5-6/h1-5,8H,(H,11,12). The van der Waals surface area contributed by atoms with Crippen LogP contribution in [0.15, 0.2) is 35.3 Å². The summed E-state index contributed by atoms with van der Waals surface area (Å²) < 4.78 is 0. The fraction of sp³-hybridized carbons (Fsp3) is 0.111. The fourth-order valence-corrected chi connectivity index (χ4v) is 1.12. The van der Waals surface area contributed by atoms with Gasteiger partial charge in [0.05, 0.1) is 5.71 Å². The second-order valence-electron chi connectivity index (χ2n) is 2.62. The van der Waals surface area contributed by atoms with Crippen molar-refractivity contribution in [2.45, 2.75) is 6.04 Å². The summed E-state index contributed by atoms with van der Waals surface area (Å²) in [4.78, 5) is 14.3. The first-order valence-corrected chi connectivity index (χ1v) is 3.65. The Morgan fingerprint density at radius 3 is 2.50 bits per heavy atom. The lowest BCUT2D eigenvalue weighted by molar-refractivity contribution is -0.135. The number of nitrogens with zero attached hydrogens (tertiary/aromatic N) is 1. The maximum Gasteiger partial charge on any atom is 0.334 e. The predicted molar refractivity (Wildman–Crippen MR) is 44.4 cm³/mol. The number of rotatable bonds is 2. The van der Waals surface area contributed by atoms with Crippen molar-refractivity contribution in [3.05, 3.63) is 35.9 Å². The summed E-state index contributed by atoms with van der Waals surface area (Å²) in [6, 6.07) is 8.77. The number of aliphatic carboxylic acids is 1. The van der Waals surface area contributed by atoms with Gasteiger partial charge in [0.1, 0.15) is 0 Å². The van der Waals surface area contributed by atoms with Gasteiger partial charge in [-0.15, -0.1) is 0 Å². The molecule has 1 N–H and O–H groups in total. The van der Waals surface area contributed by atoms with E-state index in [4.69, 9.17) is 5.11 Å². The molecule has 0 saturated carbocycles. The quantitative estimate of drug-likeness (QED) is 0.701. The predicted octanol–water partition coefficient (Wildman–Crippen LogP) is 0.943. The van der Waals surface area contributed by atoms with Crippen LogP contribution in [0.4, 0.5) is 0 Å². The van der Waals surface area contributed by atoms with Crippen molar-refractivity contribution in [3.8, 4) is 0 Å². The highest BCUT2D eigenvalue weighted by Gasteiger charge is 2.35. The van der Waals surface area contributed by atoms with E-state index in [0.29, 0.717) is 5.71 Å². The van der Waals surface area contributed by atoms with E-state index in [0.717, 1.165) is 5.56 Å². The number of hydrogen-bond acceptors (Lipinski definition) is 2. The molecule has 60 valence electrons. The van der Waals surface area contributed by atoms with Gasteiger partial charge in [-0.2, -0.15) is 0 Å². The van der Waals surface area contributed by atoms with E-state index in [-0.39, 0.29) is 0 Å². The molecule has 2 rings (SSSR count). The first-order chi connectivity index (χ1) is 5.79. The molecular weight excluding hydrogens is 154 g/mol.